The molecular weight excluding hydrogens is 258 g/mol. The molecule has 0 unspecified atom stereocenters. The van der Waals surface area contributed by atoms with Crippen molar-refractivity contribution in [3.05, 3.63) is 47.0 Å². The monoisotopic (exact) mass is 277 g/mol. The van der Waals surface area contributed by atoms with Gasteiger partial charge in [0.25, 0.3) is 0 Å². The first-order valence-electron chi connectivity index (χ1n) is 6.77. The second-order valence-electron chi connectivity index (χ2n) is 4.74. The molecule has 0 saturated heterocycles. The number of benzene rings is 1. The van der Waals surface area contributed by atoms with Crippen LogP contribution in [0.1, 0.15) is 36.1 Å². The van der Waals surface area contributed by atoms with Crippen LogP contribution in [0.3, 0.4) is 0 Å². The Bertz CT molecular complexity index is 534. The summed E-state index contributed by atoms with van der Waals surface area (Å²) in [7, 11) is 0. The average Bonchev–Trinajstić information content (AvgIpc) is 2.81. The Labute approximate surface area is 119 Å². The molecule has 0 spiro atoms. The van der Waals surface area contributed by atoms with Gasteiger partial charge in [-0.25, -0.2) is 0 Å². The fourth-order valence-corrected chi connectivity index (χ4v) is 2.47. The maximum Gasteiger partial charge on any atom is 0.147 e. The Hall–Kier alpha value is -1.35. The number of hydrogen-bond acceptors (Lipinski definition) is 2. The number of aryl methyl sites for hydroxylation is 3. The van der Waals surface area contributed by atoms with Crippen LogP contribution < -0.4 is 0 Å². The van der Waals surface area contributed by atoms with Gasteiger partial charge in [0.2, 0.25) is 0 Å². The molecule has 0 amide bonds. The van der Waals surface area contributed by atoms with E-state index in [-0.39, 0.29) is 0 Å². The lowest BCUT2D eigenvalue weighted by atomic mass is 10.0. The van der Waals surface area contributed by atoms with E-state index in [1.54, 1.807) is 0 Å². The number of alkyl halides is 1. The highest BCUT2D eigenvalue weighted by atomic mass is 35.5. The van der Waals surface area contributed by atoms with E-state index in [4.69, 9.17) is 11.6 Å². The van der Waals surface area contributed by atoms with Gasteiger partial charge in [-0.15, -0.1) is 21.8 Å². The molecule has 1 heterocycles. The van der Waals surface area contributed by atoms with Crippen molar-refractivity contribution < 1.29 is 0 Å². The Balaban J connectivity index is 2.11. The summed E-state index contributed by atoms with van der Waals surface area (Å²) in [6.45, 7) is 5.25. The van der Waals surface area contributed by atoms with Crippen molar-refractivity contribution in [1.82, 2.24) is 14.8 Å². The highest BCUT2D eigenvalue weighted by molar-refractivity contribution is 6.16. The highest BCUT2D eigenvalue weighted by Crippen LogP contribution is 2.13. The fourth-order valence-electron chi connectivity index (χ4n) is 2.27. The summed E-state index contributed by atoms with van der Waals surface area (Å²) in [5.74, 6) is 2.35. The van der Waals surface area contributed by atoms with Gasteiger partial charge in [0, 0.05) is 13.0 Å². The van der Waals surface area contributed by atoms with Crippen LogP contribution in [-0.2, 0) is 25.3 Å². The summed E-state index contributed by atoms with van der Waals surface area (Å²) in [6, 6.07) is 8.49. The van der Waals surface area contributed by atoms with Crippen LogP contribution in [-0.4, -0.2) is 14.8 Å². The zero-order valence-corrected chi connectivity index (χ0v) is 12.3. The minimum absolute atomic E-state index is 0.428. The molecule has 0 aliphatic heterocycles. The maximum atomic E-state index is 5.90. The molecule has 0 N–H and O–H groups in total. The number of nitrogens with zero attached hydrogens (tertiary/aromatic N) is 3. The molecule has 0 atom stereocenters. The molecule has 0 bridgehead atoms. The lowest BCUT2D eigenvalue weighted by Gasteiger charge is -2.08. The predicted octanol–water partition coefficient (Wildman–Crippen LogP) is 3.52. The van der Waals surface area contributed by atoms with E-state index in [1.165, 1.54) is 11.1 Å². The van der Waals surface area contributed by atoms with Gasteiger partial charge in [-0.2, -0.15) is 0 Å². The van der Waals surface area contributed by atoms with Gasteiger partial charge in [0.1, 0.15) is 11.6 Å². The molecule has 102 valence electrons. The van der Waals surface area contributed by atoms with Crippen LogP contribution in [0.25, 0.3) is 0 Å². The first kappa shape index (κ1) is 14.1. The Morgan fingerprint density at radius 2 is 1.84 bits per heavy atom. The first-order chi connectivity index (χ1) is 9.26. The molecule has 2 aromatic rings. The maximum absolute atomic E-state index is 5.90. The molecule has 0 saturated carbocycles. The van der Waals surface area contributed by atoms with Gasteiger partial charge >= 0.3 is 0 Å². The molecule has 0 aliphatic carbocycles. The van der Waals surface area contributed by atoms with Gasteiger partial charge in [-0.05, 0) is 30.9 Å². The number of rotatable bonds is 6. The van der Waals surface area contributed by atoms with Crippen LogP contribution in [0.15, 0.2) is 24.3 Å². The molecule has 0 radical (unpaired) electrons. The summed E-state index contributed by atoms with van der Waals surface area (Å²) >= 11 is 5.90. The Kier molecular flexibility index (Phi) is 4.97. The minimum Gasteiger partial charge on any atom is -0.314 e. The third-order valence-electron chi connectivity index (χ3n) is 3.35. The van der Waals surface area contributed by atoms with Gasteiger partial charge in [0.05, 0.1) is 5.88 Å². The average molecular weight is 278 g/mol. The van der Waals surface area contributed by atoms with E-state index in [0.717, 1.165) is 37.5 Å². The minimum atomic E-state index is 0.428. The van der Waals surface area contributed by atoms with Crippen molar-refractivity contribution in [2.24, 2.45) is 0 Å². The van der Waals surface area contributed by atoms with Gasteiger partial charge in [-0.1, -0.05) is 31.2 Å². The molecule has 1 aromatic heterocycles. The quantitative estimate of drug-likeness (QED) is 0.757. The van der Waals surface area contributed by atoms with Crippen molar-refractivity contribution in [2.45, 2.75) is 45.5 Å². The van der Waals surface area contributed by atoms with E-state index < -0.39 is 0 Å². The topological polar surface area (TPSA) is 30.7 Å². The van der Waals surface area contributed by atoms with Crippen LogP contribution in [0.5, 0.6) is 0 Å². The smallest absolute Gasteiger partial charge is 0.147 e. The predicted molar refractivity (Wildman–Crippen MR) is 78.5 cm³/mol. The fraction of sp³-hybridized carbons (Fsp3) is 0.467. The summed E-state index contributed by atoms with van der Waals surface area (Å²) in [5, 5.41) is 8.45. The Morgan fingerprint density at radius 3 is 2.53 bits per heavy atom. The van der Waals surface area contributed by atoms with Crippen molar-refractivity contribution in [3.8, 4) is 0 Å². The Morgan fingerprint density at radius 1 is 1.11 bits per heavy atom. The van der Waals surface area contributed by atoms with Crippen LogP contribution in [0.4, 0.5) is 0 Å². The lowest BCUT2D eigenvalue weighted by Crippen LogP contribution is -2.08. The van der Waals surface area contributed by atoms with E-state index in [9.17, 15) is 0 Å². The first-order valence-corrected chi connectivity index (χ1v) is 7.31. The molecule has 3 nitrogen and oxygen atoms in total. The second-order valence-corrected chi connectivity index (χ2v) is 5.01. The highest BCUT2D eigenvalue weighted by Gasteiger charge is 2.10. The standard InChI is InChI=1S/C15H20ClN3/c1-3-10-19-14(17-18-15(19)11-16)9-8-13-7-5-4-6-12(13)2/h4-7H,3,8-11H2,1-2H3. The molecule has 0 aliphatic rings. The molecule has 1 aromatic carbocycles. The molecular formula is C15H20ClN3. The van der Waals surface area contributed by atoms with Gasteiger partial charge in [0.15, 0.2) is 0 Å². The van der Waals surface area contributed by atoms with E-state index >= 15 is 0 Å². The second kappa shape index (κ2) is 6.71. The van der Waals surface area contributed by atoms with Gasteiger partial charge in [-0.3, -0.25) is 0 Å². The SMILES string of the molecule is CCCn1c(CCl)nnc1CCc1ccccc1C. The zero-order chi connectivity index (χ0) is 13.7. The lowest BCUT2D eigenvalue weighted by molar-refractivity contribution is 0.616. The van der Waals surface area contributed by atoms with E-state index in [1.807, 2.05) is 0 Å². The van der Waals surface area contributed by atoms with E-state index in [0.29, 0.717) is 5.88 Å². The summed E-state index contributed by atoms with van der Waals surface area (Å²) in [5.41, 5.74) is 2.71. The largest absolute Gasteiger partial charge is 0.314 e. The zero-order valence-electron chi connectivity index (χ0n) is 11.6. The third-order valence-corrected chi connectivity index (χ3v) is 3.59. The van der Waals surface area contributed by atoms with Crippen LogP contribution in [0.2, 0.25) is 0 Å². The van der Waals surface area contributed by atoms with Crippen LogP contribution >= 0.6 is 11.6 Å². The van der Waals surface area contributed by atoms with Gasteiger partial charge < -0.3 is 4.57 Å². The number of halogens is 1. The summed E-state index contributed by atoms with van der Waals surface area (Å²) in [4.78, 5) is 0. The summed E-state index contributed by atoms with van der Waals surface area (Å²) < 4.78 is 2.16. The van der Waals surface area contributed by atoms with Crippen LogP contribution in [0, 0.1) is 6.92 Å². The molecule has 0 fully saturated rings. The van der Waals surface area contributed by atoms with Crippen molar-refractivity contribution in [2.75, 3.05) is 0 Å². The third kappa shape index (κ3) is 3.35. The normalized spacial score (nSPS) is 10.9. The molecule has 2 rings (SSSR count). The molecule has 19 heavy (non-hydrogen) atoms. The number of aromatic nitrogens is 3. The number of hydrogen-bond donors (Lipinski definition) is 0. The summed E-state index contributed by atoms with van der Waals surface area (Å²) in [6.07, 6.45) is 2.98. The van der Waals surface area contributed by atoms with Crippen molar-refractivity contribution in [1.29, 1.82) is 0 Å². The molecule has 4 heteroatoms. The van der Waals surface area contributed by atoms with E-state index in [2.05, 4.69) is 52.9 Å². The van der Waals surface area contributed by atoms with Crippen molar-refractivity contribution >= 4 is 11.6 Å². The van der Waals surface area contributed by atoms with Crippen molar-refractivity contribution in [3.63, 3.8) is 0 Å².